The van der Waals surface area contributed by atoms with Crippen molar-refractivity contribution in [2.24, 2.45) is 0 Å². The summed E-state index contributed by atoms with van der Waals surface area (Å²) in [7, 11) is 0. The first kappa shape index (κ1) is 12.0. The van der Waals surface area contributed by atoms with Crippen LogP contribution in [0.5, 0.6) is 0 Å². The lowest BCUT2D eigenvalue weighted by Gasteiger charge is -2.19. The van der Waals surface area contributed by atoms with Crippen LogP contribution in [0.1, 0.15) is 46.6 Å². The summed E-state index contributed by atoms with van der Waals surface area (Å²) in [6, 6.07) is 15.8. The van der Waals surface area contributed by atoms with Crippen molar-refractivity contribution in [3.05, 3.63) is 76.4 Å². The molecule has 1 atom stereocenters. The van der Waals surface area contributed by atoms with Crippen LogP contribution in [-0.4, -0.2) is 0 Å². The highest BCUT2D eigenvalue weighted by molar-refractivity contribution is 5.65. The zero-order valence-electron chi connectivity index (χ0n) is 11.8. The topological polar surface area (TPSA) is 0 Å². The Morgan fingerprint density at radius 3 is 2.45 bits per heavy atom. The third-order valence-corrected chi connectivity index (χ3v) is 4.75. The Balaban J connectivity index is 1.66. The van der Waals surface area contributed by atoms with Gasteiger partial charge in [-0.2, -0.15) is 0 Å². The first-order valence-corrected chi connectivity index (χ1v) is 7.78. The van der Waals surface area contributed by atoms with Gasteiger partial charge in [0.25, 0.3) is 0 Å². The summed E-state index contributed by atoms with van der Waals surface area (Å²) in [6.07, 6.45) is 11.1. The van der Waals surface area contributed by atoms with Crippen molar-refractivity contribution in [2.45, 2.75) is 38.0 Å². The summed E-state index contributed by atoms with van der Waals surface area (Å²) >= 11 is 0. The number of fused-ring (bicyclic) bond motifs is 2. The molecule has 0 fully saturated rings. The van der Waals surface area contributed by atoms with Gasteiger partial charge in [0.1, 0.15) is 0 Å². The number of allylic oxidation sites excluding steroid dienone is 1. The van der Waals surface area contributed by atoms with Gasteiger partial charge in [0.2, 0.25) is 0 Å². The van der Waals surface area contributed by atoms with E-state index in [1.807, 2.05) is 0 Å². The Kier molecular flexibility index (Phi) is 2.95. The van der Waals surface area contributed by atoms with Gasteiger partial charge in [0.15, 0.2) is 0 Å². The van der Waals surface area contributed by atoms with Crippen molar-refractivity contribution in [1.82, 2.24) is 0 Å². The third-order valence-electron chi connectivity index (χ3n) is 4.75. The zero-order chi connectivity index (χ0) is 13.4. The van der Waals surface area contributed by atoms with Gasteiger partial charge in [0.05, 0.1) is 0 Å². The SMILES string of the molecule is C1=CC(Cc2ccccc2)c2cc3c(cc21)CCCC3. The summed E-state index contributed by atoms with van der Waals surface area (Å²) < 4.78 is 0. The van der Waals surface area contributed by atoms with Crippen LogP contribution in [0.2, 0.25) is 0 Å². The van der Waals surface area contributed by atoms with Gasteiger partial charge in [-0.15, -0.1) is 0 Å². The fourth-order valence-electron chi connectivity index (χ4n) is 3.66. The second-order valence-electron chi connectivity index (χ2n) is 6.11. The number of benzene rings is 2. The number of rotatable bonds is 2. The molecule has 0 spiro atoms. The molecular formula is C20H20. The molecule has 1 unspecified atom stereocenters. The summed E-state index contributed by atoms with van der Waals surface area (Å²) in [5.41, 5.74) is 7.66. The van der Waals surface area contributed by atoms with Crippen LogP contribution in [0, 0.1) is 0 Å². The first-order chi connectivity index (χ1) is 9.90. The van der Waals surface area contributed by atoms with E-state index in [-0.39, 0.29) is 0 Å². The minimum atomic E-state index is 0.569. The van der Waals surface area contributed by atoms with Crippen LogP contribution < -0.4 is 0 Å². The summed E-state index contributed by atoms with van der Waals surface area (Å²) in [5.74, 6) is 0.569. The fraction of sp³-hybridized carbons (Fsp3) is 0.300. The van der Waals surface area contributed by atoms with E-state index in [0.29, 0.717) is 5.92 Å². The quantitative estimate of drug-likeness (QED) is 0.719. The Morgan fingerprint density at radius 1 is 0.900 bits per heavy atom. The van der Waals surface area contributed by atoms with Crippen molar-refractivity contribution in [3.8, 4) is 0 Å². The lowest BCUT2D eigenvalue weighted by Crippen LogP contribution is -2.06. The number of hydrogen-bond acceptors (Lipinski definition) is 0. The number of hydrogen-bond donors (Lipinski definition) is 0. The molecule has 0 heteroatoms. The Bertz CT molecular complexity index is 649. The van der Waals surface area contributed by atoms with Gasteiger partial charge in [-0.05, 0) is 59.9 Å². The molecule has 0 aromatic heterocycles. The Labute approximate surface area is 121 Å². The molecule has 0 amide bonds. The van der Waals surface area contributed by atoms with Crippen LogP contribution in [0.4, 0.5) is 0 Å². The van der Waals surface area contributed by atoms with Crippen molar-refractivity contribution < 1.29 is 0 Å². The molecule has 0 saturated carbocycles. The van der Waals surface area contributed by atoms with E-state index in [4.69, 9.17) is 0 Å². The maximum absolute atomic E-state index is 2.50. The van der Waals surface area contributed by atoms with Gasteiger partial charge < -0.3 is 0 Å². The predicted molar refractivity (Wildman–Crippen MR) is 85.0 cm³/mol. The highest BCUT2D eigenvalue weighted by atomic mass is 14.2. The highest BCUT2D eigenvalue weighted by Gasteiger charge is 2.21. The second kappa shape index (κ2) is 4.94. The van der Waals surface area contributed by atoms with Crippen molar-refractivity contribution in [3.63, 3.8) is 0 Å². The van der Waals surface area contributed by atoms with Crippen LogP contribution in [0.3, 0.4) is 0 Å². The fourth-order valence-corrected chi connectivity index (χ4v) is 3.66. The average molecular weight is 260 g/mol. The van der Waals surface area contributed by atoms with Crippen molar-refractivity contribution in [2.75, 3.05) is 0 Å². The Morgan fingerprint density at radius 2 is 1.65 bits per heavy atom. The average Bonchev–Trinajstić information content (AvgIpc) is 2.88. The summed E-state index contributed by atoms with van der Waals surface area (Å²) in [5, 5.41) is 0. The van der Waals surface area contributed by atoms with E-state index in [1.165, 1.54) is 36.8 Å². The van der Waals surface area contributed by atoms with Crippen LogP contribution in [-0.2, 0) is 19.3 Å². The van der Waals surface area contributed by atoms with Crippen molar-refractivity contribution >= 4 is 6.08 Å². The minimum Gasteiger partial charge on any atom is -0.0760 e. The molecule has 0 radical (unpaired) electrons. The third kappa shape index (κ3) is 2.10. The minimum absolute atomic E-state index is 0.569. The van der Waals surface area contributed by atoms with E-state index in [0.717, 1.165) is 6.42 Å². The molecule has 2 aliphatic carbocycles. The van der Waals surface area contributed by atoms with Gasteiger partial charge >= 0.3 is 0 Å². The molecule has 0 heterocycles. The molecule has 0 N–H and O–H groups in total. The predicted octanol–water partition coefficient (Wildman–Crippen LogP) is 4.92. The molecule has 2 aromatic rings. The second-order valence-corrected chi connectivity index (χ2v) is 6.11. The van der Waals surface area contributed by atoms with Crippen LogP contribution in [0.25, 0.3) is 6.08 Å². The van der Waals surface area contributed by atoms with Crippen LogP contribution in [0.15, 0.2) is 48.5 Å². The van der Waals surface area contributed by atoms with Crippen LogP contribution >= 0.6 is 0 Å². The van der Waals surface area contributed by atoms with Gasteiger partial charge in [-0.1, -0.05) is 54.6 Å². The molecule has 2 aromatic carbocycles. The normalized spacial score (nSPS) is 19.7. The largest absolute Gasteiger partial charge is 0.0760 e. The van der Waals surface area contributed by atoms with Gasteiger partial charge in [-0.3, -0.25) is 0 Å². The lowest BCUT2D eigenvalue weighted by molar-refractivity contribution is 0.683. The summed E-state index contributed by atoms with van der Waals surface area (Å²) in [6.45, 7) is 0. The van der Waals surface area contributed by atoms with E-state index in [1.54, 1.807) is 16.7 Å². The standard InChI is InChI=1S/C20H20/c1-2-6-15(7-3-1)12-18-10-11-19-13-16-8-4-5-9-17(16)14-20(18)19/h1-3,6-7,10-11,13-14,18H,4-5,8-9,12H2. The highest BCUT2D eigenvalue weighted by Crippen LogP contribution is 2.36. The first-order valence-electron chi connectivity index (χ1n) is 7.78. The molecule has 0 bridgehead atoms. The monoisotopic (exact) mass is 260 g/mol. The number of aryl methyl sites for hydroxylation is 2. The lowest BCUT2D eigenvalue weighted by atomic mass is 9.85. The van der Waals surface area contributed by atoms with Crippen molar-refractivity contribution in [1.29, 1.82) is 0 Å². The maximum atomic E-state index is 2.50. The molecule has 4 rings (SSSR count). The van der Waals surface area contributed by atoms with E-state index in [9.17, 15) is 0 Å². The molecule has 0 nitrogen and oxygen atoms in total. The van der Waals surface area contributed by atoms with Gasteiger partial charge in [-0.25, -0.2) is 0 Å². The molecule has 100 valence electrons. The summed E-state index contributed by atoms with van der Waals surface area (Å²) in [4.78, 5) is 0. The van der Waals surface area contributed by atoms with E-state index < -0.39 is 0 Å². The zero-order valence-corrected chi connectivity index (χ0v) is 11.8. The maximum Gasteiger partial charge on any atom is 0.00677 e. The molecule has 0 aliphatic heterocycles. The molecule has 2 aliphatic rings. The molecule has 0 saturated heterocycles. The van der Waals surface area contributed by atoms with E-state index >= 15 is 0 Å². The molecule has 20 heavy (non-hydrogen) atoms. The van der Waals surface area contributed by atoms with Gasteiger partial charge in [0, 0.05) is 5.92 Å². The van der Waals surface area contributed by atoms with E-state index in [2.05, 4.69) is 54.6 Å². The smallest absolute Gasteiger partial charge is 0.00677 e. The Hall–Kier alpha value is -1.82. The molecular weight excluding hydrogens is 240 g/mol.